The molecule has 1 N–H and O–H groups in total. The Kier molecular flexibility index (Phi) is 3.55. The number of hydrogen-bond donors (Lipinski definition) is 1. The van der Waals surface area contributed by atoms with Gasteiger partial charge in [-0.25, -0.2) is 0 Å². The summed E-state index contributed by atoms with van der Waals surface area (Å²) in [5, 5.41) is 9.19. The molecule has 0 bridgehead atoms. The van der Waals surface area contributed by atoms with Crippen molar-refractivity contribution in [3.8, 4) is 0 Å². The van der Waals surface area contributed by atoms with E-state index in [1.807, 2.05) is 0 Å². The zero-order valence-corrected chi connectivity index (χ0v) is 9.30. The minimum Gasteiger partial charge on any atom is -0.396 e. The van der Waals surface area contributed by atoms with Gasteiger partial charge in [0.1, 0.15) is 0 Å². The van der Waals surface area contributed by atoms with Gasteiger partial charge >= 0.3 is 0 Å². The molecule has 0 spiro atoms. The quantitative estimate of drug-likeness (QED) is 0.651. The highest BCUT2D eigenvalue weighted by Crippen LogP contribution is 2.42. The summed E-state index contributed by atoms with van der Waals surface area (Å²) in [5.74, 6) is 1.82. The van der Waals surface area contributed by atoms with E-state index in [9.17, 15) is 5.11 Å². The summed E-state index contributed by atoms with van der Waals surface area (Å²) in [7, 11) is 0. The molecule has 0 saturated heterocycles. The zero-order chi connectivity index (χ0) is 10.0. The van der Waals surface area contributed by atoms with E-state index in [-0.39, 0.29) is 0 Å². The zero-order valence-electron chi connectivity index (χ0n) is 9.30. The second kappa shape index (κ2) is 4.28. The molecule has 0 aromatic carbocycles. The van der Waals surface area contributed by atoms with Crippen LogP contribution in [0.2, 0.25) is 0 Å². The summed E-state index contributed by atoms with van der Waals surface area (Å²) >= 11 is 0. The molecule has 3 atom stereocenters. The number of allylic oxidation sites excluding steroid dienone is 2. The van der Waals surface area contributed by atoms with E-state index in [1.54, 1.807) is 5.57 Å². The monoisotopic (exact) mass is 182 g/mol. The molecule has 0 unspecified atom stereocenters. The van der Waals surface area contributed by atoms with Crippen molar-refractivity contribution in [3.63, 3.8) is 0 Å². The van der Waals surface area contributed by atoms with Gasteiger partial charge in [0.15, 0.2) is 0 Å². The van der Waals surface area contributed by atoms with Gasteiger partial charge in [0.2, 0.25) is 0 Å². The predicted molar refractivity (Wildman–Crippen MR) is 56.5 cm³/mol. The van der Waals surface area contributed by atoms with Gasteiger partial charge in [0.25, 0.3) is 0 Å². The maximum Gasteiger partial charge on any atom is 0.0462 e. The Morgan fingerprint density at radius 2 is 2.15 bits per heavy atom. The molecule has 0 heterocycles. The van der Waals surface area contributed by atoms with Gasteiger partial charge in [-0.3, -0.25) is 0 Å². The lowest BCUT2D eigenvalue weighted by atomic mass is 9.82. The van der Waals surface area contributed by atoms with Gasteiger partial charge in [-0.2, -0.15) is 0 Å². The molecule has 0 amide bonds. The second-order valence-corrected chi connectivity index (χ2v) is 4.73. The van der Waals surface area contributed by atoms with E-state index in [1.165, 1.54) is 18.4 Å². The van der Waals surface area contributed by atoms with Crippen molar-refractivity contribution in [2.24, 2.45) is 17.8 Å². The standard InChI is InChI=1S/C12H22O/c1-8(2)11-6-5-9(3)12(11)10(4)7-13/h9-10,12-13H,5-7H2,1-4H3/t9-,10+,12-/m0/s1. The highest BCUT2D eigenvalue weighted by Gasteiger charge is 2.32. The van der Waals surface area contributed by atoms with Crippen molar-refractivity contribution >= 4 is 0 Å². The Morgan fingerprint density at radius 3 is 2.62 bits per heavy atom. The van der Waals surface area contributed by atoms with Gasteiger partial charge in [-0.1, -0.05) is 25.0 Å². The summed E-state index contributed by atoms with van der Waals surface area (Å²) in [4.78, 5) is 0. The lowest BCUT2D eigenvalue weighted by Crippen LogP contribution is -2.19. The molecule has 0 aromatic heterocycles. The van der Waals surface area contributed by atoms with E-state index in [4.69, 9.17) is 0 Å². The molecule has 13 heavy (non-hydrogen) atoms. The summed E-state index contributed by atoms with van der Waals surface area (Å²) < 4.78 is 0. The van der Waals surface area contributed by atoms with Gasteiger partial charge in [0, 0.05) is 6.61 Å². The molecule has 0 aliphatic heterocycles. The Hall–Kier alpha value is -0.300. The van der Waals surface area contributed by atoms with E-state index >= 15 is 0 Å². The minimum atomic E-state index is 0.325. The first-order valence-corrected chi connectivity index (χ1v) is 5.35. The van der Waals surface area contributed by atoms with E-state index in [2.05, 4.69) is 27.7 Å². The van der Waals surface area contributed by atoms with Crippen LogP contribution < -0.4 is 0 Å². The molecular formula is C12H22O. The molecule has 1 nitrogen and oxygen atoms in total. The predicted octanol–water partition coefficient (Wildman–Crippen LogP) is 3.00. The fourth-order valence-corrected chi connectivity index (χ4v) is 2.67. The molecule has 1 fully saturated rings. The van der Waals surface area contributed by atoms with Crippen LogP contribution in [-0.4, -0.2) is 11.7 Å². The van der Waals surface area contributed by atoms with Gasteiger partial charge < -0.3 is 5.11 Å². The van der Waals surface area contributed by atoms with Gasteiger partial charge in [0.05, 0.1) is 0 Å². The third-order valence-electron chi connectivity index (χ3n) is 3.43. The van der Waals surface area contributed by atoms with Gasteiger partial charge in [-0.05, 0) is 44.4 Å². The van der Waals surface area contributed by atoms with Crippen molar-refractivity contribution in [3.05, 3.63) is 11.1 Å². The Bertz CT molecular complexity index is 201. The average molecular weight is 182 g/mol. The number of aliphatic hydroxyl groups is 1. The Balaban J connectivity index is 2.84. The van der Waals surface area contributed by atoms with Crippen LogP contribution in [0, 0.1) is 17.8 Å². The molecule has 1 aliphatic carbocycles. The Morgan fingerprint density at radius 1 is 1.54 bits per heavy atom. The third-order valence-corrected chi connectivity index (χ3v) is 3.43. The van der Waals surface area contributed by atoms with Crippen molar-refractivity contribution in [2.45, 2.75) is 40.5 Å². The summed E-state index contributed by atoms with van der Waals surface area (Å²) in [6.45, 7) is 9.20. The highest BCUT2D eigenvalue weighted by atomic mass is 16.3. The first-order chi connectivity index (χ1) is 6.07. The molecule has 1 heteroatoms. The smallest absolute Gasteiger partial charge is 0.0462 e. The van der Waals surface area contributed by atoms with Crippen LogP contribution in [0.4, 0.5) is 0 Å². The van der Waals surface area contributed by atoms with Crippen molar-refractivity contribution in [1.29, 1.82) is 0 Å². The number of rotatable bonds is 2. The summed E-state index contributed by atoms with van der Waals surface area (Å²) in [6.07, 6.45) is 2.55. The van der Waals surface area contributed by atoms with E-state index in [0.29, 0.717) is 18.4 Å². The topological polar surface area (TPSA) is 20.2 Å². The van der Waals surface area contributed by atoms with Crippen LogP contribution in [0.25, 0.3) is 0 Å². The lowest BCUT2D eigenvalue weighted by Gasteiger charge is -2.24. The molecular weight excluding hydrogens is 160 g/mol. The molecule has 0 aromatic rings. The maximum absolute atomic E-state index is 9.19. The lowest BCUT2D eigenvalue weighted by molar-refractivity contribution is 0.184. The van der Waals surface area contributed by atoms with Crippen molar-refractivity contribution < 1.29 is 5.11 Å². The SMILES string of the molecule is CC(C)=C1CC[C@H](C)[C@H]1[C@H](C)CO. The molecule has 1 saturated carbocycles. The normalized spacial score (nSPS) is 30.7. The van der Waals surface area contributed by atoms with Crippen LogP contribution in [0.5, 0.6) is 0 Å². The van der Waals surface area contributed by atoms with E-state index in [0.717, 1.165) is 5.92 Å². The van der Waals surface area contributed by atoms with Gasteiger partial charge in [-0.15, -0.1) is 0 Å². The molecule has 76 valence electrons. The van der Waals surface area contributed by atoms with Crippen molar-refractivity contribution in [1.82, 2.24) is 0 Å². The third kappa shape index (κ3) is 2.14. The maximum atomic E-state index is 9.19. The number of hydrogen-bond acceptors (Lipinski definition) is 1. The summed E-state index contributed by atoms with van der Waals surface area (Å²) in [5.41, 5.74) is 3.07. The molecule has 0 radical (unpaired) electrons. The fraction of sp³-hybridized carbons (Fsp3) is 0.833. The Labute approximate surface area is 81.9 Å². The van der Waals surface area contributed by atoms with Crippen LogP contribution >= 0.6 is 0 Å². The highest BCUT2D eigenvalue weighted by molar-refractivity contribution is 5.19. The van der Waals surface area contributed by atoms with Crippen LogP contribution in [0.1, 0.15) is 40.5 Å². The second-order valence-electron chi connectivity index (χ2n) is 4.73. The van der Waals surface area contributed by atoms with Crippen molar-refractivity contribution in [2.75, 3.05) is 6.61 Å². The fourth-order valence-electron chi connectivity index (χ4n) is 2.67. The molecule has 1 rings (SSSR count). The first kappa shape index (κ1) is 10.8. The van der Waals surface area contributed by atoms with Crippen LogP contribution in [0.15, 0.2) is 11.1 Å². The minimum absolute atomic E-state index is 0.325. The largest absolute Gasteiger partial charge is 0.396 e. The van der Waals surface area contributed by atoms with Crippen LogP contribution in [0.3, 0.4) is 0 Å². The number of aliphatic hydroxyl groups excluding tert-OH is 1. The van der Waals surface area contributed by atoms with E-state index < -0.39 is 0 Å². The van der Waals surface area contributed by atoms with Crippen LogP contribution in [-0.2, 0) is 0 Å². The summed E-state index contributed by atoms with van der Waals surface area (Å²) in [6, 6.07) is 0. The molecule has 1 aliphatic rings. The first-order valence-electron chi connectivity index (χ1n) is 5.35. The average Bonchev–Trinajstić information content (AvgIpc) is 2.46.